The van der Waals surface area contributed by atoms with Gasteiger partial charge in [0.05, 0.1) is 5.69 Å². The second kappa shape index (κ2) is 7.62. The summed E-state index contributed by atoms with van der Waals surface area (Å²) in [4.78, 5) is 24.9. The number of rotatable bonds is 4. The van der Waals surface area contributed by atoms with Gasteiger partial charge < -0.3 is 11.1 Å². The number of amides is 3. The van der Waals surface area contributed by atoms with Crippen LogP contribution in [-0.2, 0) is 0 Å². The SMILES string of the molecule is NC(=O)Nc1cc(-c2cccc(F)c2)sc1C(=O)NN1CCCCC1. The van der Waals surface area contributed by atoms with Crippen LogP contribution in [0.2, 0.25) is 0 Å². The predicted octanol–water partition coefficient (Wildman–Crippen LogP) is 3.18. The van der Waals surface area contributed by atoms with Crippen molar-refractivity contribution in [3.05, 3.63) is 41.0 Å². The van der Waals surface area contributed by atoms with E-state index < -0.39 is 6.03 Å². The Labute approximate surface area is 148 Å². The first-order chi connectivity index (χ1) is 12.0. The molecule has 4 N–H and O–H groups in total. The van der Waals surface area contributed by atoms with E-state index in [2.05, 4.69) is 10.7 Å². The van der Waals surface area contributed by atoms with Gasteiger partial charge in [0.2, 0.25) is 0 Å². The fourth-order valence-corrected chi connectivity index (χ4v) is 3.77. The van der Waals surface area contributed by atoms with E-state index >= 15 is 0 Å². The summed E-state index contributed by atoms with van der Waals surface area (Å²) in [6.07, 6.45) is 3.22. The molecule has 132 valence electrons. The maximum absolute atomic E-state index is 13.5. The van der Waals surface area contributed by atoms with E-state index in [9.17, 15) is 14.0 Å². The number of nitrogens with one attached hydrogen (secondary N) is 2. The lowest BCUT2D eigenvalue weighted by atomic mass is 10.2. The van der Waals surface area contributed by atoms with Crippen molar-refractivity contribution in [3.63, 3.8) is 0 Å². The Morgan fingerprint density at radius 1 is 1.16 bits per heavy atom. The third kappa shape index (κ3) is 4.34. The van der Waals surface area contributed by atoms with Crippen molar-refractivity contribution in [3.8, 4) is 10.4 Å². The molecule has 0 unspecified atom stereocenters. The molecule has 0 spiro atoms. The summed E-state index contributed by atoms with van der Waals surface area (Å²) in [7, 11) is 0. The van der Waals surface area contributed by atoms with E-state index in [1.807, 2.05) is 5.01 Å². The lowest BCUT2D eigenvalue weighted by molar-refractivity contribution is 0.0755. The number of anilines is 1. The highest BCUT2D eigenvalue weighted by atomic mass is 32.1. The normalized spacial score (nSPS) is 14.9. The molecule has 3 amide bonds. The number of carbonyl (C=O) groups excluding carboxylic acids is 2. The van der Waals surface area contributed by atoms with E-state index in [1.54, 1.807) is 18.2 Å². The number of halogens is 1. The van der Waals surface area contributed by atoms with Crippen molar-refractivity contribution in [2.75, 3.05) is 18.4 Å². The van der Waals surface area contributed by atoms with Gasteiger partial charge in [0.15, 0.2) is 0 Å². The molecule has 1 fully saturated rings. The quantitative estimate of drug-likeness (QED) is 0.781. The van der Waals surface area contributed by atoms with Gasteiger partial charge in [0, 0.05) is 18.0 Å². The number of hydrogen-bond acceptors (Lipinski definition) is 4. The molecular weight excluding hydrogens is 343 g/mol. The maximum atomic E-state index is 13.5. The first kappa shape index (κ1) is 17.4. The zero-order valence-electron chi connectivity index (χ0n) is 13.5. The standard InChI is InChI=1S/C17H19FN4O2S/c18-12-6-4-5-11(9-12)14-10-13(20-17(19)24)15(25-14)16(23)21-22-7-2-1-3-8-22/h4-6,9-10H,1-3,7-8H2,(H,21,23)(H3,19,20,24). The van der Waals surface area contributed by atoms with Crippen molar-refractivity contribution in [1.29, 1.82) is 0 Å². The molecule has 1 aromatic heterocycles. The highest BCUT2D eigenvalue weighted by Crippen LogP contribution is 2.35. The topological polar surface area (TPSA) is 87.5 Å². The van der Waals surface area contributed by atoms with E-state index in [-0.39, 0.29) is 11.7 Å². The van der Waals surface area contributed by atoms with Gasteiger partial charge in [0.1, 0.15) is 10.7 Å². The largest absolute Gasteiger partial charge is 0.351 e. The van der Waals surface area contributed by atoms with Gasteiger partial charge in [-0.2, -0.15) is 0 Å². The minimum absolute atomic E-state index is 0.307. The maximum Gasteiger partial charge on any atom is 0.316 e. The van der Waals surface area contributed by atoms with Crippen molar-refractivity contribution >= 4 is 29.0 Å². The van der Waals surface area contributed by atoms with Crippen molar-refractivity contribution in [2.45, 2.75) is 19.3 Å². The van der Waals surface area contributed by atoms with Gasteiger partial charge in [0.25, 0.3) is 5.91 Å². The first-order valence-corrected chi connectivity index (χ1v) is 8.87. The summed E-state index contributed by atoms with van der Waals surface area (Å²) >= 11 is 1.18. The Morgan fingerprint density at radius 3 is 2.60 bits per heavy atom. The molecule has 0 atom stereocenters. The van der Waals surface area contributed by atoms with Gasteiger partial charge in [-0.05, 0) is 36.6 Å². The Hall–Kier alpha value is -2.45. The molecule has 2 heterocycles. The summed E-state index contributed by atoms with van der Waals surface area (Å²) in [5.74, 6) is -0.673. The molecule has 1 aromatic carbocycles. The number of thiophene rings is 1. The van der Waals surface area contributed by atoms with Crippen LogP contribution in [0.25, 0.3) is 10.4 Å². The fourth-order valence-electron chi connectivity index (χ4n) is 2.77. The molecule has 1 saturated heterocycles. The number of benzene rings is 1. The van der Waals surface area contributed by atoms with Crippen LogP contribution in [0.1, 0.15) is 28.9 Å². The van der Waals surface area contributed by atoms with Crippen LogP contribution in [0, 0.1) is 5.82 Å². The number of urea groups is 1. The Morgan fingerprint density at radius 2 is 1.92 bits per heavy atom. The summed E-state index contributed by atoms with van der Waals surface area (Å²) in [6.45, 7) is 1.60. The van der Waals surface area contributed by atoms with Crippen molar-refractivity contribution in [1.82, 2.24) is 10.4 Å². The summed E-state index contributed by atoms with van der Waals surface area (Å²) in [6, 6.07) is 6.95. The zero-order chi connectivity index (χ0) is 17.8. The second-order valence-electron chi connectivity index (χ2n) is 5.84. The molecule has 25 heavy (non-hydrogen) atoms. The Kier molecular flexibility index (Phi) is 5.30. The smallest absolute Gasteiger partial charge is 0.316 e. The Balaban J connectivity index is 1.87. The Bertz CT molecular complexity index is 787. The highest BCUT2D eigenvalue weighted by molar-refractivity contribution is 7.18. The van der Waals surface area contributed by atoms with E-state index in [1.165, 1.54) is 23.5 Å². The molecule has 0 radical (unpaired) electrons. The molecule has 8 heteroatoms. The van der Waals surface area contributed by atoms with Crippen LogP contribution in [0.4, 0.5) is 14.9 Å². The van der Waals surface area contributed by atoms with Crippen LogP contribution < -0.4 is 16.5 Å². The van der Waals surface area contributed by atoms with Gasteiger partial charge in [-0.1, -0.05) is 18.6 Å². The van der Waals surface area contributed by atoms with Gasteiger partial charge in [-0.3, -0.25) is 10.2 Å². The van der Waals surface area contributed by atoms with Crippen LogP contribution in [-0.4, -0.2) is 30.0 Å². The number of piperidine rings is 1. The third-order valence-corrected chi connectivity index (χ3v) is 5.10. The van der Waals surface area contributed by atoms with Gasteiger partial charge >= 0.3 is 6.03 Å². The minimum atomic E-state index is -0.754. The molecule has 0 saturated carbocycles. The number of hydrazine groups is 1. The lowest BCUT2D eigenvalue weighted by Crippen LogP contribution is -2.45. The average molecular weight is 362 g/mol. The average Bonchev–Trinajstić information content (AvgIpc) is 2.99. The molecule has 1 aliphatic rings. The van der Waals surface area contributed by atoms with Crippen LogP contribution in [0.3, 0.4) is 0 Å². The van der Waals surface area contributed by atoms with Gasteiger partial charge in [-0.15, -0.1) is 11.3 Å². The molecule has 6 nitrogen and oxygen atoms in total. The van der Waals surface area contributed by atoms with Gasteiger partial charge in [-0.25, -0.2) is 14.2 Å². The number of carbonyl (C=O) groups is 2. The lowest BCUT2D eigenvalue weighted by Gasteiger charge is -2.26. The third-order valence-electron chi connectivity index (χ3n) is 3.92. The number of nitrogens with two attached hydrogens (primary N) is 1. The molecule has 3 rings (SSSR count). The van der Waals surface area contributed by atoms with E-state index in [0.717, 1.165) is 32.4 Å². The molecule has 0 aliphatic carbocycles. The molecular formula is C17H19FN4O2S. The number of hydrogen-bond donors (Lipinski definition) is 3. The van der Waals surface area contributed by atoms with Crippen molar-refractivity contribution < 1.29 is 14.0 Å². The van der Waals surface area contributed by atoms with Crippen LogP contribution >= 0.6 is 11.3 Å². The minimum Gasteiger partial charge on any atom is -0.351 e. The van der Waals surface area contributed by atoms with Crippen molar-refractivity contribution in [2.24, 2.45) is 5.73 Å². The molecule has 0 bridgehead atoms. The monoisotopic (exact) mass is 362 g/mol. The number of nitrogens with zero attached hydrogens (tertiary/aromatic N) is 1. The summed E-state index contributed by atoms with van der Waals surface area (Å²) in [5, 5.41) is 4.35. The summed E-state index contributed by atoms with van der Waals surface area (Å²) in [5.41, 5.74) is 9.02. The predicted molar refractivity (Wildman–Crippen MR) is 95.8 cm³/mol. The highest BCUT2D eigenvalue weighted by Gasteiger charge is 2.21. The fraction of sp³-hybridized carbons (Fsp3) is 0.294. The van der Waals surface area contributed by atoms with Crippen LogP contribution in [0.15, 0.2) is 30.3 Å². The van der Waals surface area contributed by atoms with Crippen LogP contribution in [0.5, 0.6) is 0 Å². The molecule has 1 aliphatic heterocycles. The second-order valence-corrected chi connectivity index (χ2v) is 6.89. The summed E-state index contributed by atoms with van der Waals surface area (Å²) < 4.78 is 13.5. The molecule has 2 aromatic rings. The van der Waals surface area contributed by atoms with E-state index in [4.69, 9.17) is 5.73 Å². The first-order valence-electron chi connectivity index (χ1n) is 8.05. The number of primary amides is 1. The zero-order valence-corrected chi connectivity index (χ0v) is 14.4. The van der Waals surface area contributed by atoms with E-state index in [0.29, 0.717) is 21.0 Å².